The molecule has 0 spiro atoms. The molecule has 0 radical (unpaired) electrons. The number of ether oxygens (including phenoxy) is 1. The van der Waals surface area contributed by atoms with E-state index in [0.29, 0.717) is 12.6 Å². The standard InChI is InChI=1S/C16H22N2O2/c1-18(10-12-5-4-8-19-12)11-14-13-6-2-3-7-15(13)20-16(14)9-17/h2-3,6-7,12H,4-5,8-11,17H2,1H3. The molecule has 0 bridgehead atoms. The maximum absolute atomic E-state index is 5.84. The number of hydrogen-bond donors (Lipinski definition) is 1. The van der Waals surface area contributed by atoms with Crippen LogP contribution in [0.4, 0.5) is 0 Å². The van der Waals surface area contributed by atoms with E-state index in [-0.39, 0.29) is 0 Å². The Morgan fingerprint density at radius 3 is 2.95 bits per heavy atom. The maximum atomic E-state index is 5.84. The van der Waals surface area contributed by atoms with Gasteiger partial charge in [0.25, 0.3) is 0 Å². The highest BCUT2D eigenvalue weighted by molar-refractivity contribution is 5.82. The van der Waals surface area contributed by atoms with Gasteiger partial charge in [-0.25, -0.2) is 0 Å². The molecule has 2 N–H and O–H groups in total. The van der Waals surface area contributed by atoms with Gasteiger partial charge < -0.3 is 14.9 Å². The number of likely N-dealkylation sites (N-methyl/N-ethyl adjacent to an activating group) is 1. The van der Waals surface area contributed by atoms with E-state index in [1.54, 1.807) is 0 Å². The molecule has 3 rings (SSSR count). The van der Waals surface area contributed by atoms with E-state index in [9.17, 15) is 0 Å². The van der Waals surface area contributed by atoms with Gasteiger partial charge in [0.2, 0.25) is 0 Å². The van der Waals surface area contributed by atoms with Crippen molar-refractivity contribution in [1.29, 1.82) is 0 Å². The van der Waals surface area contributed by atoms with Crippen LogP contribution in [0.2, 0.25) is 0 Å². The number of benzene rings is 1. The summed E-state index contributed by atoms with van der Waals surface area (Å²) in [7, 11) is 2.13. The minimum atomic E-state index is 0.375. The predicted octanol–water partition coefficient (Wildman–Crippen LogP) is 2.50. The Kier molecular flexibility index (Phi) is 4.05. The van der Waals surface area contributed by atoms with Crippen molar-refractivity contribution in [2.45, 2.75) is 32.0 Å². The summed E-state index contributed by atoms with van der Waals surface area (Å²) < 4.78 is 11.5. The Morgan fingerprint density at radius 1 is 1.35 bits per heavy atom. The molecule has 1 aromatic heterocycles. The number of furan rings is 1. The van der Waals surface area contributed by atoms with Crippen molar-refractivity contribution in [3.05, 3.63) is 35.6 Å². The summed E-state index contributed by atoms with van der Waals surface area (Å²) in [6.07, 6.45) is 2.72. The number of rotatable bonds is 5. The van der Waals surface area contributed by atoms with Crippen LogP contribution < -0.4 is 5.73 Å². The number of fused-ring (bicyclic) bond motifs is 1. The van der Waals surface area contributed by atoms with Gasteiger partial charge in [0, 0.05) is 30.6 Å². The Labute approximate surface area is 119 Å². The van der Waals surface area contributed by atoms with E-state index in [2.05, 4.69) is 18.0 Å². The average Bonchev–Trinajstić information content (AvgIpc) is 3.07. The summed E-state index contributed by atoms with van der Waals surface area (Å²) >= 11 is 0. The zero-order valence-corrected chi connectivity index (χ0v) is 12.0. The van der Waals surface area contributed by atoms with Crippen molar-refractivity contribution in [3.8, 4) is 0 Å². The third-order valence-corrected chi connectivity index (χ3v) is 3.93. The zero-order chi connectivity index (χ0) is 13.9. The Balaban J connectivity index is 1.78. The van der Waals surface area contributed by atoms with Crippen LogP contribution in [-0.2, 0) is 17.8 Å². The summed E-state index contributed by atoms with van der Waals surface area (Å²) in [5.74, 6) is 0.894. The van der Waals surface area contributed by atoms with Gasteiger partial charge >= 0.3 is 0 Å². The highest BCUT2D eigenvalue weighted by Crippen LogP contribution is 2.27. The fourth-order valence-electron chi connectivity index (χ4n) is 2.96. The van der Waals surface area contributed by atoms with Gasteiger partial charge in [-0.3, -0.25) is 4.90 Å². The summed E-state index contributed by atoms with van der Waals surface area (Å²) in [5, 5.41) is 1.17. The van der Waals surface area contributed by atoms with Gasteiger partial charge in [0.15, 0.2) is 0 Å². The second-order valence-corrected chi connectivity index (χ2v) is 5.54. The van der Waals surface area contributed by atoms with Crippen molar-refractivity contribution in [2.24, 2.45) is 5.73 Å². The van der Waals surface area contributed by atoms with Crippen LogP contribution in [0.15, 0.2) is 28.7 Å². The van der Waals surface area contributed by atoms with Crippen LogP contribution >= 0.6 is 0 Å². The van der Waals surface area contributed by atoms with Gasteiger partial charge in [0.05, 0.1) is 12.6 Å². The molecule has 1 atom stereocenters. The number of nitrogens with two attached hydrogens (primary N) is 1. The fraction of sp³-hybridized carbons (Fsp3) is 0.500. The van der Waals surface area contributed by atoms with Gasteiger partial charge in [-0.15, -0.1) is 0 Å². The molecule has 1 unspecified atom stereocenters. The quantitative estimate of drug-likeness (QED) is 0.910. The van der Waals surface area contributed by atoms with Crippen molar-refractivity contribution < 1.29 is 9.15 Å². The Bertz CT molecular complexity index is 573. The Hall–Kier alpha value is -1.36. The van der Waals surface area contributed by atoms with E-state index < -0.39 is 0 Å². The van der Waals surface area contributed by atoms with Gasteiger partial charge in [-0.1, -0.05) is 18.2 Å². The lowest BCUT2D eigenvalue weighted by atomic mass is 10.1. The number of nitrogens with zero attached hydrogens (tertiary/aromatic N) is 1. The fourth-order valence-corrected chi connectivity index (χ4v) is 2.96. The molecule has 1 aromatic carbocycles. The molecule has 4 heteroatoms. The van der Waals surface area contributed by atoms with Gasteiger partial charge in [-0.05, 0) is 26.0 Å². The first kappa shape index (κ1) is 13.6. The van der Waals surface area contributed by atoms with E-state index in [1.165, 1.54) is 23.8 Å². The second-order valence-electron chi connectivity index (χ2n) is 5.54. The van der Waals surface area contributed by atoms with Crippen molar-refractivity contribution in [2.75, 3.05) is 20.2 Å². The molecule has 20 heavy (non-hydrogen) atoms. The third-order valence-electron chi connectivity index (χ3n) is 3.93. The van der Waals surface area contributed by atoms with E-state index >= 15 is 0 Å². The molecule has 1 saturated heterocycles. The van der Waals surface area contributed by atoms with E-state index in [0.717, 1.165) is 31.0 Å². The molecule has 108 valence electrons. The molecule has 2 aromatic rings. The summed E-state index contributed by atoms with van der Waals surface area (Å²) in [4.78, 5) is 2.30. The summed E-state index contributed by atoms with van der Waals surface area (Å²) in [5.41, 5.74) is 7.95. The average molecular weight is 274 g/mol. The minimum absolute atomic E-state index is 0.375. The van der Waals surface area contributed by atoms with Crippen LogP contribution in [0.25, 0.3) is 11.0 Å². The van der Waals surface area contributed by atoms with Crippen molar-refractivity contribution >= 4 is 11.0 Å². The smallest absolute Gasteiger partial charge is 0.134 e. The molecule has 0 aliphatic carbocycles. The minimum Gasteiger partial charge on any atom is -0.459 e. The van der Waals surface area contributed by atoms with Crippen LogP contribution in [0.5, 0.6) is 0 Å². The van der Waals surface area contributed by atoms with E-state index in [4.69, 9.17) is 14.9 Å². The van der Waals surface area contributed by atoms with Crippen LogP contribution in [0.3, 0.4) is 0 Å². The lowest BCUT2D eigenvalue weighted by Crippen LogP contribution is -2.28. The van der Waals surface area contributed by atoms with Crippen LogP contribution in [0, 0.1) is 0 Å². The predicted molar refractivity (Wildman–Crippen MR) is 79.4 cm³/mol. The topological polar surface area (TPSA) is 51.6 Å². The molecule has 1 aliphatic heterocycles. The normalized spacial score (nSPS) is 19.2. The summed E-state index contributed by atoms with van der Waals surface area (Å²) in [6, 6.07) is 8.14. The first-order valence-corrected chi connectivity index (χ1v) is 7.27. The maximum Gasteiger partial charge on any atom is 0.134 e. The number of para-hydroxylation sites is 1. The molecular formula is C16H22N2O2. The van der Waals surface area contributed by atoms with Gasteiger partial charge in [0.1, 0.15) is 11.3 Å². The largest absolute Gasteiger partial charge is 0.459 e. The van der Waals surface area contributed by atoms with Crippen LogP contribution in [0.1, 0.15) is 24.2 Å². The Morgan fingerprint density at radius 2 is 2.20 bits per heavy atom. The lowest BCUT2D eigenvalue weighted by molar-refractivity contribution is 0.0792. The monoisotopic (exact) mass is 274 g/mol. The van der Waals surface area contributed by atoms with E-state index in [1.807, 2.05) is 18.2 Å². The summed E-state index contributed by atoms with van der Waals surface area (Å²) in [6.45, 7) is 3.16. The zero-order valence-electron chi connectivity index (χ0n) is 12.0. The molecule has 0 amide bonds. The van der Waals surface area contributed by atoms with Crippen molar-refractivity contribution in [3.63, 3.8) is 0 Å². The molecule has 4 nitrogen and oxygen atoms in total. The first-order chi connectivity index (χ1) is 9.78. The molecule has 2 heterocycles. The highest BCUT2D eigenvalue weighted by Gasteiger charge is 2.19. The van der Waals surface area contributed by atoms with Gasteiger partial charge in [-0.2, -0.15) is 0 Å². The third kappa shape index (κ3) is 2.73. The SMILES string of the molecule is CN(Cc1c(CN)oc2ccccc12)CC1CCCO1. The molecule has 1 aliphatic rings. The molecule has 1 fully saturated rings. The lowest BCUT2D eigenvalue weighted by Gasteiger charge is -2.20. The van der Waals surface area contributed by atoms with Crippen molar-refractivity contribution in [1.82, 2.24) is 4.90 Å². The highest BCUT2D eigenvalue weighted by atomic mass is 16.5. The van der Waals surface area contributed by atoms with Crippen LogP contribution in [-0.4, -0.2) is 31.2 Å². The first-order valence-electron chi connectivity index (χ1n) is 7.27. The molecular weight excluding hydrogens is 252 g/mol. The number of hydrogen-bond acceptors (Lipinski definition) is 4. The second kappa shape index (κ2) is 5.95. The molecule has 0 saturated carbocycles.